The minimum atomic E-state index is -1.14. The topological polar surface area (TPSA) is 63.7 Å². The summed E-state index contributed by atoms with van der Waals surface area (Å²) in [6.45, 7) is 0.352. The molecule has 0 aromatic heterocycles. The summed E-state index contributed by atoms with van der Waals surface area (Å²) >= 11 is 0. The van der Waals surface area contributed by atoms with Crippen LogP contribution in [0.3, 0.4) is 0 Å². The fraction of sp³-hybridized carbons (Fsp3) is 0.125. The number of esters is 1. The number of hydrogen-bond donors (Lipinski definition) is 0. The molecule has 0 atom stereocenters. The summed E-state index contributed by atoms with van der Waals surface area (Å²) in [5.74, 6) is -1.05. The quantitative estimate of drug-likeness (QED) is 0.741. The van der Waals surface area contributed by atoms with E-state index in [1.807, 2.05) is 60.7 Å². The molecule has 0 unspecified atom stereocenters. The lowest BCUT2D eigenvalue weighted by Gasteiger charge is -2.24. The summed E-state index contributed by atoms with van der Waals surface area (Å²) in [7, 11) is 0. The van der Waals surface area contributed by atoms with E-state index in [9.17, 15) is 14.4 Å². The number of ether oxygens (including phenoxy) is 1. The molecular formula is C24H19NO4. The van der Waals surface area contributed by atoms with Crippen molar-refractivity contribution in [1.82, 2.24) is 4.90 Å². The van der Waals surface area contributed by atoms with E-state index in [-0.39, 0.29) is 30.5 Å². The van der Waals surface area contributed by atoms with Gasteiger partial charge in [0.2, 0.25) is 5.91 Å². The Kier molecular flexibility index (Phi) is 4.96. The van der Waals surface area contributed by atoms with E-state index >= 15 is 0 Å². The molecule has 0 bridgehead atoms. The minimum Gasteiger partial charge on any atom is -0.456 e. The first-order chi connectivity index (χ1) is 14.1. The zero-order valence-corrected chi connectivity index (χ0v) is 15.7. The van der Waals surface area contributed by atoms with Crippen molar-refractivity contribution in [2.75, 3.05) is 0 Å². The molecule has 1 spiro atoms. The fourth-order valence-electron chi connectivity index (χ4n) is 3.39. The van der Waals surface area contributed by atoms with Gasteiger partial charge in [-0.3, -0.25) is 9.59 Å². The highest BCUT2D eigenvalue weighted by atomic mass is 16.5. The van der Waals surface area contributed by atoms with Gasteiger partial charge in [0.15, 0.2) is 5.78 Å². The standard InChI is InChI=1S/C24H19NO4/c26-20-11-13-24(14-12-20)15-21(22(27)29-17-19-9-5-2-6-10-19)25(23(24)28)16-18-7-3-1-4-8-18/h1-15H,16-17H2. The van der Waals surface area contributed by atoms with Crippen LogP contribution in [0, 0.1) is 5.41 Å². The number of rotatable bonds is 5. The van der Waals surface area contributed by atoms with Crippen LogP contribution in [0.25, 0.3) is 0 Å². The first kappa shape index (κ1) is 18.6. The van der Waals surface area contributed by atoms with Gasteiger partial charge in [-0.2, -0.15) is 0 Å². The molecule has 5 heteroatoms. The Morgan fingerprint density at radius 3 is 2.07 bits per heavy atom. The molecule has 2 aromatic carbocycles. The molecule has 5 nitrogen and oxygen atoms in total. The second kappa shape index (κ2) is 7.72. The van der Waals surface area contributed by atoms with Crippen LogP contribution in [-0.2, 0) is 32.3 Å². The second-order valence-electron chi connectivity index (χ2n) is 6.97. The number of hydrogen-bond acceptors (Lipinski definition) is 4. The Labute approximate surface area is 168 Å². The summed E-state index contributed by atoms with van der Waals surface area (Å²) in [6.07, 6.45) is 7.35. The van der Waals surface area contributed by atoms with Gasteiger partial charge in [0.05, 0.1) is 6.54 Å². The van der Waals surface area contributed by atoms with Gasteiger partial charge in [0.25, 0.3) is 0 Å². The average molecular weight is 385 g/mol. The first-order valence-electron chi connectivity index (χ1n) is 9.30. The van der Waals surface area contributed by atoms with E-state index in [2.05, 4.69) is 0 Å². The maximum atomic E-state index is 13.2. The molecule has 4 rings (SSSR count). The number of carbonyl (C=O) groups excluding carboxylic acids is 3. The van der Waals surface area contributed by atoms with Gasteiger partial charge in [-0.15, -0.1) is 0 Å². The van der Waals surface area contributed by atoms with Gasteiger partial charge >= 0.3 is 5.97 Å². The molecule has 144 valence electrons. The molecule has 0 fully saturated rings. The summed E-state index contributed by atoms with van der Waals surface area (Å²) in [5.41, 5.74) is 0.792. The van der Waals surface area contributed by atoms with E-state index in [1.54, 1.807) is 6.08 Å². The van der Waals surface area contributed by atoms with Crippen LogP contribution in [0.1, 0.15) is 11.1 Å². The van der Waals surface area contributed by atoms with Crippen LogP contribution >= 0.6 is 0 Å². The monoisotopic (exact) mass is 385 g/mol. The van der Waals surface area contributed by atoms with Crippen molar-refractivity contribution in [3.8, 4) is 0 Å². The van der Waals surface area contributed by atoms with Crippen molar-refractivity contribution in [3.05, 3.63) is 108 Å². The number of amides is 1. The largest absolute Gasteiger partial charge is 0.456 e. The summed E-state index contributed by atoms with van der Waals surface area (Å²) in [5, 5.41) is 0. The smallest absolute Gasteiger partial charge is 0.355 e. The lowest BCUT2D eigenvalue weighted by Crippen LogP contribution is -2.36. The second-order valence-corrected chi connectivity index (χ2v) is 6.97. The molecule has 1 aliphatic heterocycles. The lowest BCUT2D eigenvalue weighted by atomic mass is 9.84. The van der Waals surface area contributed by atoms with E-state index in [1.165, 1.54) is 29.2 Å². The number of nitrogens with zero attached hydrogens (tertiary/aromatic N) is 1. The zero-order valence-electron chi connectivity index (χ0n) is 15.7. The molecular weight excluding hydrogens is 366 g/mol. The van der Waals surface area contributed by atoms with Crippen LogP contribution < -0.4 is 0 Å². The fourth-order valence-corrected chi connectivity index (χ4v) is 3.39. The molecule has 2 aliphatic rings. The Morgan fingerprint density at radius 1 is 0.862 bits per heavy atom. The average Bonchev–Trinajstić information content (AvgIpc) is 3.02. The van der Waals surface area contributed by atoms with Crippen LogP contribution in [-0.4, -0.2) is 22.6 Å². The van der Waals surface area contributed by atoms with Crippen molar-refractivity contribution >= 4 is 17.7 Å². The first-order valence-corrected chi connectivity index (χ1v) is 9.30. The predicted molar refractivity (Wildman–Crippen MR) is 107 cm³/mol. The maximum absolute atomic E-state index is 13.2. The molecule has 29 heavy (non-hydrogen) atoms. The van der Waals surface area contributed by atoms with Gasteiger partial charge in [0, 0.05) is 0 Å². The van der Waals surface area contributed by atoms with Gasteiger partial charge in [-0.25, -0.2) is 4.79 Å². The normalized spacial score (nSPS) is 17.0. The third kappa shape index (κ3) is 3.80. The lowest BCUT2D eigenvalue weighted by molar-refractivity contribution is -0.145. The Hall–Kier alpha value is -3.73. The molecule has 1 amide bonds. The number of allylic oxidation sites excluding steroid dienone is 2. The van der Waals surface area contributed by atoms with E-state index in [0.29, 0.717) is 0 Å². The number of ketones is 1. The summed E-state index contributed by atoms with van der Waals surface area (Å²) in [6, 6.07) is 18.8. The molecule has 1 aliphatic carbocycles. The Morgan fingerprint density at radius 2 is 1.45 bits per heavy atom. The molecule has 0 radical (unpaired) electrons. The van der Waals surface area contributed by atoms with Crippen LogP contribution in [0.15, 0.2) is 96.7 Å². The minimum absolute atomic E-state index is 0.113. The van der Waals surface area contributed by atoms with Crippen molar-refractivity contribution in [2.45, 2.75) is 13.2 Å². The van der Waals surface area contributed by atoms with Gasteiger partial charge in [0.1, 0.15) is 17.7 Å². The third-order valence-corrected chi connectivity index (χ3v) is 4.93. The molecule has 0 saturated carbocycles. The van der Waals surface area contributed by atoms with Crippen molar-refractivity contribution in [3.63, 3.8) is 0 Å². The highest BCUT2D eigenvalue weighted by molar-refractivity contribution is 6.08. The highest BCUT2D eigenvalue weighted by Crippen LogP contribution is 2.39. The van der Waals surface area contributed by atoms with E-state index in [4.69, 9.17) is 4.74 Å². The zero-order chi connectivity index (χ0) is 20.3. The van der Waals surface area contributed by atoms with Gasteiger partial charge in [-0.1, -0.05) is 72.8 Å². The van der Waals surface area contributed by atoms with E-state index in [0.717, 1.165) is 11.1 Å². The van der Waals surface area contributed by atoms with Crippen molar-refractivity contribution in [2.24, 2.45) is 5.41 Å². The van der Waals surface area contributed by atoms with Gasteiger partial charge < -0.3 is 9.64 Å². The van der Waals surface area contributed by atoms with Crippen LogP contribution in [0.4, 0.5) is 0 Å². The van der Waals surface area contributed by atoms with Crippen LogP contribution in [0.5, 0.6) is 0 Å². The SMILES string of the molecule is O=C1C=CC2(C=C1)C=C(C(=O)OCc1ccccc1)N(Cc1ccccc1)C2=O. The number of carbonyl (C=O) groups is 3. The van der Waals surface area contributed by atoms with E-state index < -0.39 is 11.4 Å². The molecule has 0 N–H and O–H groups in total. The van der Waals surface area contributed by atoms with Crippen LogP contribution in [0.2, 0.25) is 0 Å². The summed E-state index contributed by atoms with van der Waals surface area (Å²) < 4.78 is 5.47. The Balaban J connectivity index is 1.61. The predicted octanol–water partition coefficient (Wildman–Crippen LogP) is 3.34. The van der Waals surface area contributed by atoms with Gasteiger partial charge in [-0.05, 0) is 29.4 Å². The molecule has 0 saturated heterocycles. The third-order valence-electron chi connectivity index (χ3n) is 4.93. The highest BCUT2D eigenvalue weighted by Gasteiger charge is 2.46. The number of benzene rings is 2. The Bertz CT molecular complexity index is 1020. The maximum Gasteiger partial charge on any atom is 0.355 e. The van der Waals surface area contributed by atoms with Crippen molar-refractivity contribution < 1.29 is 19.1 Å². The summed E-state index contributed by atoms with van der Waals surface area (Å²) in [4.78, 5) is 39.1. The van der Waals surface area contributed by atoms with Crippen molar-refractivity contribution in [1.29, 1.82) is 0 Å². The molecule has 1 heterocycles. The molecule has 2 aromatic rings.